The normalized spacial score (nSPS) is 22.3. The van der Waals surface area contributed by atoms with Crippen molar-refractivity contribution in [3.63, 3.8) is 0 Å². The minimum absolute atomic E-state index is 0.125. The van der Waals surface area contributed by atoms with Gasteiger partial charge in [-0.05, 0) is 69.8 Å². The van der Waals surface area contributed by atoms with Crippen molar-refractivity contribution in [3.8, 4) is 0 Å². The summed E-state index contributed by atoms with van der Waals surface area (Å²) in [6.07, 6.45) is 2.51. The predicted octanol–water partition coefficient (Wildman–Crippen LogP) is 2.87. The highest BCUT2D eigenvalue weighted by Gasteiger charge is 2.33. The van der Waals surface area contributed by atoms with Gasteiger partial charge in [-0.25, -0.2) is 8.42 Å². The van der Waals surface area contributed by atoms with Crippen molar-refractivity contribution in [2.24, 2.45) is 5.92 Å². The molecule has 0 aliphatic carbocycles. The summed E-state index contributed by atoms with van der Waals surface area (Å²) in [5.41, 5.74) is 1.90. The zero-order chi connectivity index (χ0) is 22.7. The second-order valence-corrected chi connectivity index (χ2v) is 10.8. The second kappa shape index (κ2) is 9.60. The van der Waals surface area contributed by atoms with Crippen LogP contribution in [0.3, 0.4) is 0 Å². The Bertz CT molecular complexity index is 1020. The van der Waals surface area contributed by atoms with Gasteiger partial charge >= 0.3 is 0 Å². The van der Waals surface area contributed by atoms with E-state index in [0.717, 1.165) is 30.9 Å². The molecule has 2 aromatic rings. The molecule has 2 aliphatic rings. The monoisotopic (exact) mass is 456 g/mol. The van der Waals surface area contributed by atoms with E-state index in [1.165, 1.54) is 4.31 Å². The van der Waals surface area contributed by atoms with Gasteiger partial charge in [0.1, 0.15) is 0 Å². The van der Waals surface area contributed by atoms with Crippen molar-refractivity contribution in [2.45, 2.75) is 30.2 Å². The van der Waals surface area contributed by atoms with Crippen molar-refractivity contribution in [1.29, 1.82) is 0 Å². The van der Waals surface area contributed by atoms with Crippen LogP contribution < -0.4 is 10.2 Å². The lowest BCUT2D eigenvalue weighted by Gasteiger charge is -2.31. The Labute approximate surface area is 191 Å². The van der Waals surface area contributed by atoms with Gasteiger partial charge < -0.3 is 15.1 Å². The number of nitrogens with zero attached hydrogens (tertiary/aromatic N) is 3. The summed E-state index contributed by atoms with van der Waals surface area (Å²) in [5.74, 6) is -0.485. The van der Waals surface area contributed by atoms with Gasteiger partial charge in [-0.15, -0.1) is 0 Å². The fraction of sp³-hybridized carbons (Fsp3) is 0.458. The molecule has 0 saturated carbocycles. The maximum absolute atomic E-state index is 12.9. The molecule has 4 rings (SSSR count). The number of carbonyl (C=O) groups is 1. The number of sulfonamides is 1. The average molecular weight is 457 g/mol. The van der Waals surface area contributed by atoms with E-state index in [-0.39, 0.29) is 23.3 Å². The molecule has 2 heterocycles. The smallest absolute Gasteiger partial charge is 0.243 e. The summed E-state index contributed by atoms with van der Waals surface area (Å²) in [7, 11) is 0.648. The first-order valence-electron chi connectivity index (χ1n) is 11.2. The third kappa shape index (κ3) is 4.98. The summed E-state index contributed by atoms with van der Waals surface area (Å²) in [4.78, 5) is 17.8. The summed E-state index contributed by atoms with van der Waals surface area (Å²) in [6.45, 7) is 2.69. The zero-order valence-electron chi connectivity index (χ0n) is 18.8. The molecule has 2 saturated heterocycles. The van der Waals surface area contributed by atoms with Crippen LogP contribution in [0, 0.1) is 5.92 Å². The van der Waals surface area contributed by atoms with E-state index in [0.29, 0.717) is 25.4 Å². The third-order valence-electron chi connectivity index (χ3n) is 6.53. The second-order valence-electron chi connectivity index (χ2n) is 8.90. The van der Waals surface area contributed by atoms with Crippen LogP contribution >= 0.6 is 0 Å². The van der Waals surface area contributed by atoms with Crippen molar-refractivity contribution >= 4 is 27.3 Å². The van der Waals surface area contributed by atoms with Crippen LogP contribution in [0.1, 0.15) is 19.3 Å². The first-order valence-corrected chi connectivity index (χ1v) is 12.7. The molecular weight excluding hydrogens is 424 g/mol. The topological polar surface area (TPSA) is 73.0 Å². The number of hydrogen-bond donors (Lipinski definition) is 1. The van der Waals surface area contributed by atoms with Gasteiger partial charge in [0.15, 0.2) is 0 Å². The molecule has 8 heteroatoms. The number of carbonyl (C=O) groups excluding carboxylic acids is 1. The number of anilines is 2. The lowest BCUT2D eigenvalue weighted by molar-refractivity contribution is -0.120. The molecule has 0 radical (unpaired) electrons. The van der Waals surface area contributed by atoms with E-state index in [1.807, 2.05) is 24.3 Å². The Morgan fingerprint density at radius 2 is 1.69 bits per heavy atom. The van der Waals surface area contributed by atoms with Gasteiger partial charge in [0, 0.05) is 43.6 Å². The lowest BCUT2D eigenvalue weighted by Crippen LogP contribution is -2.43. The molecule has 32 heavy (non-hydrogen) atoms. The van der Waals surface area contributed by atoms with E-state index >= 15 is 0 Å². The highest BCUT2D eigenvalue weighted by molar-refractivity contribution is 7.89. The standard InChI is InChI=1S/C24H32N4O3S/c1-26(2)22-14-16-27(18-22)21-12-10-20(11-13-21)25-24(29)19-7-6-15-28(17-19)32(30,31)23-8-4-3-5-9-23/h3-5,8-13,19,22H,6-7,14-18H2,1-2H3,(H,25,29). The van der Waals surface area contributed by atoms with Crippen molar-refractivity contribution in [2.75, 3.05) is 50.5 Å². The first-order chi connectivity index (χ1) is 15.3. The number of nitrogens with one attached hydrogen (secondary N) is 1. The molecule has 2 atom stereocenters. The van der Waals surface area contributed by atoms with Crippen molar-refractivity contribution in [1.82, 2.24) is 9.21 Å². The van der Waals surface area contributed by atoms with Gasteiger partial charge in [-0.2, -0.15) is 4.31 Å². The van der Waals surface area contributed by atoms with Crippen LogP contribution in [0.2, 0.25) is 0 Å². The number of rotatable bonds is 6. The summed E-state index contributed by atoms with van der Waals surface area (Å²) >= 11 is 0. The molecule has 2 unspecified atom stereocenters. The van der Waals surface area contributed by atoms with Crippen LogP contribution in [-0.2, 0) is 14.8 Å². The molecule has 1 N–H and O–H groups in total. The third-order valence-corrected chi connectivity index (χ3v) is 8.41. The van der Waals surface area contributed by atoms with E-state index in [2.05, 4.69) is 29.2 Å². The molecule has 0 bridgehead atoms. The van der Waals surface area contributed by atoms with Crippen LogP contribution in [0.25, 0.3) is 0 Å². The quantitative estimate of drug-likeness (QED) is 0.724. The van der Waals surface area contributed by atoms with E-state index in [9.17, 15) is 13.2 Å². The molecule has 2 fully saturated rings. The number of piperidine rings is 1. The Morgan fingerprint density at radius 3 is 2.34 bits per heavy atom. The highest BCUT2D eigenvalue weighted by atomic mass is 32.2. The van der Waals surface area contributed by atoms with Gasteiger partial charge in [0.05, 0.1) is 10.8 Å². The Morgan fingerprint density at radius 1 is 0.969 bits per heavy atom. The fourth-order valence-corrected chi connectivity index (χ4v) is 6.06. The number of benzene rings is 2. The minimum atomic E-state index is -3.58. The lowest BCUT2D eigenvalue weighted by atomic mass is 9.98. The molecule has 0 spiro atoms. The van der Waals surface area contributed by atoms with Gasteiger partial charge in [0.2, 0.25) is 15.9 Å². The predicted molar refractivity (Wildman–Crippen MR) is 127 cm³/mol. The highest BCUT2D eigenvalue weighted by Crippen LogP contribution is 2.26. The fourth-order valence-electron chi connectivity index (χ4n) is 4.51. The Kier molecular flexibility index (Phi) is 6.83. The molecular formula is C24H32N4O3S. The largest absolute Gasteiger partial charge is 0.370 e. The number of likely N-dealkylation sites (N-methyl/N-ethyl adjacent to an activating group) is 1. The maximum Gasteiger partial charge on any atom is 0.243 e. The number of amides is 1. The molecule has 1 amide bonds. The summed E-state index contributed by atoms with van der Waals surface area (Å²) < 4.78 is 27.3. The summed E-state index contributed by atoms with van der Waals surface area (Å²) in [6, 6.07) is 16.9. The Hall–Kier alpha value is -2.42. The Balaban J connectivity index is 1.36. The molecule has 2 aromatic carbocycles. The van der Waals surface area contributed by atoms with E-state index in [1.54, 1.807) is 30.3 Å². The van der Waals surface area contributed by atoms with Gasteiger partial charge in [0.25, 0.3) is 0 Å². The van der Waals surface area contributed by atoms with E-state index < -0.39 is 10.0 Å². The van der Waals surface area contributed by atoms with Gasteiger partial charge in [-0.1, -0.05) is 18.2 Å². The van der Waals surface area contributed by atoms with Crippen LogP contribution in [0.15, 0.2) is 59.5 Å². The van der Waals surface area contributed by atoms with Crippen LogP contribution in [0.5, 0.6) is 0 Å². The zero-order valence-corrected chi connectivity index (χ0v) is 19.6. The molecule has 172 valence electrons. The van der Waals surface area contributed by atoms with Gasteiger partial charge in [-0.3, -0.25) is 4.79 Å². The average Bonchev–Trinajstić information content (AvgIpc) is 3.31. The molecule has 2 aliphatic heterocycles. The maximum atomic E-state index is 12.9. The van der Waals surface area contributed by atoms with E-state index in [4.69, 9.17) is 0 Å². The molecule has 0 aromatic heterocycles. The number of hydrogen-bond acceptors (Lipinski definition) is 5. The van der Waals surface area contributed by atoms with Crippen LogP contribution in [0.4, 0.5) is 11.4 Å². The van der Waals surface area contributed by atoms with Crippen molar-refractivity contribution < 1.29 is 13.2 Å². The first kappa shape index (κ1) is 22.8. The van der Waals surface area contributed by atoms with Crippen LogP contribution in [-0.4, -0.2) is 69.8 Å². The molecule has 7 nitrogen and oxygen atoms in total. The SMILES string of the molecule is CN(C)C1CCN(c2ccc(NC(=O)C3CCCN(S(=O)(=O)c4ccccc4)C3)cc2)C1. The summed E-state index contributed by atoms with van der Waals surface area (Å²) in [5, 5.41) is 2.98. The minimum Gasteiger partial charge on any atom is -0.370 e. The van der Waals surface area contributed by atoms with Crippen molar-refractivity contribution in [3.05, 3.63) is 54.6 Å².